The Hall–Kier alpha value is -2.19. The summed E-state index contributed by atoms with van der Waals surface area (Å²) >= 11 is 1.38. The summed E-state index contributed by atoms with van der Waals surface area (Å²) in [4.78, 5) is 19.2. The number of piperidine rings is 1. The summed E-state index contributed by atoms with van der Waals surface area (Å²) in [6, 6.07) is 3.98. The van der Waals surface area contributed by atoms with Crippen molar-refractivity contribution in [3.63, 3.8) is 0 Å². The number of anilines is 1. The summed E-state index contributed by atoms with van der Waals surface area (Å²) in [5, 5.41) is 11.6. The molecule has 1 saturated heterocycles. The van der Waals surface area contributed by atoms with Crippen LogP contribution in [0.3, 0.4) is 0 Å². The van der Waals surface area contributed by atoms with Crippen LogP contribution in [0.4, 0.5) is 5.13 Å². The third kappa shape index (κ3) is 2.53. The van der Waals surface area contributed by atoms with Gasteiger partial charge in [-0.1, -0.05) is 11.3 Å². The first-order valence-corrected chi connectivity index (χ1v) is 8.46. The molecule has 4 rings (SSSR count). The number of fused-ring (bicyclic) bond motifs is 3. The van der Waals surface area contributed by atoms with Gasteiger partial charge in [0.05, 0.1) is 21.1 Å². The van der Waals surface area contributed by atoms with Crippen molar-refractivity contribution in [1.29, 1.82) is 0 Å². The van der Waals surface area contributed by atoms with Crippen LogP contribution >= 0.6 is 11.3 Å². The zero-order valence-corrected chi connectivity index (χ0v) is 13.6. The van der Waals surface area contributed by atoms with E-state index in [2.05, 4.69) is 32.4 Å². The predicted molar refractivity (Wildman–Crippen MR) is 91.7 cm³/mol. The number of carbonyl (C=O) groups is 1. The molecule has 0 bridgehead atoms. The van der Waals surface area contributed by atoms with Crippen molar-refractivity contribution in [2.75, 3.05) is 25.9 Å². The minimum Gasteiger partial charge on any atom is -0.375 e. The van der Waals surface area contributed by atoms with Crippen LogP contribution in [0, 0.1) is 0 Å². The molecule has 2 aromatic heterocycles. The second kappa shape index (κ2) is 5.47. The van der Waals surface area contributed by atoms with Gasteiger partial charge in [-0.3, -0.25) is 9.89 Å². The summed E-state index contributed by atoms with van der Waals surface area (Å²) in [5.41, 5.74) is 7.86. The van der Waals surface area contributed by atoms with Crippen LogP contribution in [0.25, 0.3) is 21.1 Å². The Bertz CT molecular complexity index is 877. The Kier molecular flexibility index (Phi) is 3.42. The van der Waals surface area contributed by atoms with Gasteiger partial charge in [0.2, 0.25) is 0 Å². The molecule has 1 aliphatic rings. The SMILES string of the molecule is CN1CCC(NC(=O)c2n[nH]c3ccc4nc(N)sc4c23)CC1. The van der Waals surface area contributed by atoms with E-state index < -0.39 is 0 Å². The number of carbonyl (C=O) groups excluding carboxylic acids is 1. The van der Waals surface area contributed by atoms with Crippen molar-refractivity contribution >= 4 is 43.5 Å². The first-order valence-electron chi connectivity index (χ1n) is 7.64. The highest BCUT2D eigenvalue weighted by Gasteiger charge is 2.23. The number of nitrogens with zero attached hydrogens (tertiary/aromatic N) is 3. The molecule has 0 unspecified atom stereocenters. The maximum atomic E-state index is 12.7. The average Bonchev–Trinajstić information content (AvgIpc) is 3.11. The Morgan fingerprint density at radius 1 is 1.43 bits per heavy atom. The molecule has 1 fully saturated rings. The Morgan fingerprint density at radius 2 is 2.22 bits per heavy atom. The summed E-state index contributed by atoms with van der Waals surface area (Å²) in [6.07, 6.45) is 1.93. The van der Waals surface area contributed by atoms with Gasteiger partial charge in [-0.25, -0.2) is 4.98 Å². The van der Waals surface area contributed by atoms with Crippen LogP contribution in [0.15, 0.2) is 12.1 Å². The van der Waals surface area contributed by atoms with Gasteiger partial charge in [0.15, 0.2) is 10.8 Å². The third-order valence-corrected chi connectivity index (χ3v) is 5.29. The lowest BCUT2D eigenvalue weighted by atomic mass is 10.1. The van der Waals surface area contributed by atoms with Crippen LogP contribution in [0.1, 0.15) is 23.3 Å². The van der Waals surface area contributed by atoms with Crippen LogP contribution < -0.4 is 11.1 Å². The highest BCUT2D eigenvalue weighted by Crippen LogP contribution is 2.32. The number of aromatic amines is 1. The van der Waals surface area contributed by atoms with Crippen molar-refractivity contribution in [2.45, 2.75) is 18.9 Å². The molecule has 3 heterocycles. The molecule has 1 aromatic carbocycles. The van der Waals surface area contributed by atoms with E-state index in [9.17, 15) is 4.79 Å². The first kappa shape index (κ1) is 14.4. The number of hydrogen-bond acceptors (Lipinski definition) is 6. The summed E-state index contributed by atoms with van der Waals surface area (Å²) in [5.74, 6) is -0.134. The van der Waals surface area contributed by atoms with E-state index in [1.807, 2.05) is 12.1 Å². The monoisotopic (exact) mass is 330 g/mol. The number of nitrogens with one attached hydrogen (secondary N) is 2. The summed E-state index contributed by atoms with van der Waals surface area (Å²) in [7, 11) is 2.10. The standard InChI is InChI=1S/C15H18N6OS/c1-21-6-4-8(5-7-21)17-14(22)12-11-9(19-20-12)2-3-10-13(11)23-15(16)18-10/h2-3,8H,4-7H2,1H3,(H2,16,18)(H,17,22)(H,19,20). The lowest BCUT2D eigenvalue weighted by Crippen LogP contribution is -2.43. The number of hydrogen-bond donors (Lipinski definition) is 3. The number of benzene rings is 1. The summed E-state index contributed by atoms with van der Waals surface area (Å²) in [6.45, 7) is 2.00. The lowest BCUT2D eigenvalue weighted by Gasteiger charge is -2.29. The molecule has 120 valence electrons. The zero-order valence-electron chi connectivity index (χ0n) is 12.8. The van der Waals surface area contributed by atoms with E-state index >= 15 is 0 Å². The van der Waals surface area contributed by atoms with Gasteiger partial charge in [-0.15, -0.1) is 0 Å². The number of thiazole rings is 1. The van der Waals surface area contributed by atoms with Gasteiger partial charge in [0, 0.05) is 6.04 Å². The molecule has 8 heteroatoms. The molecule has 1 aliphatic heterocycles. The minimum absolute atomic E-state index is 0.134. The van der Waals surface area contributed by atoms with Gasteiger partial charge in [-0.05, 0) is 45.1 Å². The number of H-pyrrole nitrogens is 1. The highest BCUT2D eigenvalue weighted by molar-refractivity contribution is 7.23. The highest BCUT2D eigenvalue weighted by atomic mass is 32.1. The number of amides is 1. The van der Waals surface area contributed by atoms with E-state index in [-0.39, 0.29) is 11.9 Å². The van der Waals surface area contributed by atoms with Gasteiger partial charge < -0.3 is 16.0 Å². The zero-order chi connectivity index (χ0) is 16.0. The van der Waals surface area contributed by atoms with Gasteiger partial charge in [0.25, 0.3) is 5.91 Å². The Labute approximate surface area is 136 Å². The number of rotatable bonds is 2. The molecule has 7 nitrogen and oxygen atoms in total. The van der Waals surface area contributed by atoms with Crippen LogP contribution in [0.2, 0.25) is 0 Å². The van der Waals surface area contributed by atoms with Crippen molar-refractivity contribution in [3.8, 4) is 0 Å². The number of nitrogens with two attached hydrogens (primary N) is 1. The van der Waals surface area contributed by atoms with Gasteiger partial charge in [-0.2, -0.15) is 5.10 Å². The normalized spacial score (nSPS) is 17.1. The molecule has 3 aromatic rings. The molecule has 0 aliphatic carbocycles. The molecular formula is C15H18N6OS. The molecular weight excluding hydrogens is 312 g/mol. The molecule has 0 radical (unpaired) electrons. The van der Waals surface area contributed by atoms with Crippen molar-refractivity contribution < 1.29 is 4.79 Å². The first-order chi connectivity index (χ1) is 11.1. The topological polar surface area (TPSA) is 99.9 Å². The molecule has 0 spiro atoms. The van der Waals surface area contributed by atoms with E-state index in [4.69, 9.17) is 5.73 Å². The minimum atomic E-state index is -0.134. The molecule has 4 N–H and O–H groups in total. The van der Waals surface area contributed by atoms with Gasteiger partial charge >= 0.3 is 0 Å². The van der Waals surface area contributed by atoms with Gasteiger partial charge in [0.1, 0.15) is 0 Å². The van der Waals surface area contributed by atoms with Crippen molar-refractivity contribution in [1.82, 2.24) is 25.4 Å². The predicted octanol–water partition coefficient (Wildman–Crippen LogP) is 1.58. The van der Waals surface area contributed by atoms with E-state index in [0.29, 0.717) is 10.8 Å². The number of likely N-dealkylation sites (tertiary alicyclic amines) is 1. The Morgan fingerprint density at radius 3 is 3.00 bits per heavy atom. The average molecular weight is 330 g/mol. The molecule has 0 saturated carbocycles. The van der Waals surface area contributed by atoms with Crippen molar-refractivity contribution in [3.05, 3.63) is 17.8 Å². The maximum absolute atomic E-state index is 12.7. The quantitative estimate of drug-likeness (QED) is 0.662. The van der Waals surface area contributed by atoms with E-state index in [1.54, 1.807) is 0 Å². The van der Waals surface area contributed by atoms with Crippen LogP contribution in [-0.4, -0.2) is 52.2 Å². The fourth-order valence-corrected chi connectivity index (χ4v) is 3.96. The molecule has 0 atom stereocenters. The number of nitrogen functional groups attached to an aromatic ring is 1. The second-order valence-corrected chi connectivity index (χ2v) is 7.04. The van der Waals surface area contributed by atoms with Crippen LogP contribution in [-0.2, 0) is 0 Å². The molecule has 1 amide bonds. The number of aromatic nitrogens is 3. The fraction of sp³-hybridized carbons (Fsp3) is 0.400. The third-order valence-electron chi connectivity index (χ3n) is 4.37. The smallest absolute Gasteiger partial charge is 0.272 e. The largest absolute Gasteiger partial charge is 0.375 e. The van der Waals surface area contributed by atoms with Crippen LogP contribution in [0.5, 0.6) is 0 Å². The van der Waals surface area contributed by atoms with E-state index in [1.165, 1.54) is 11.3 Å². The van der Waals surface area contributed by atoms with E-state index in [0.717, 1.165) is 47.1 Å². The fourth-order valence-electron chi connectivity index (χ4n) is 3.08. The molecule has 23 heavy (non-hydrogen) atoms. The summed E-state index contributed by atoms with van der Waals surface area (Å²) < 4.78 is 0.905. The Balaban J connectivity index is 1.68. The lowest BCUT2D eigenvalue weighted by molar-refractivity contribution is 0.0913. The maximum Gasteiger partial charge on any atom is 0.272 e. The van der Waals surface area contributed by atoms with Crippen molar-refractivity contribution in [2.24, 2.45) is 0 Å². The second-order valence-electron chi connectivity index (χ2n) is 6.01.